The van der Waals surface area contributed by atoms with Crippen LogP contribution in [0.2, 0.25) is 0 Å². The fraction of sp³-hybridized carbons (Fsp3) is 0.833. The van der Waals surface area contributed by atoms with Gasteiger partial charge in [0.05, 0.1) is 0 Å². The van der Waals surface area contributed by atoms with Gasteiger partial charge in [-0.15, -0.1) is 6.58 Å². The highest BCUT2D eigenvalue weighted by Crippen LogP contribution is 2.20. The second-order valence-electron chi connectivity index (χ2n) is 4.35. The number of rotatable bonds is 6. The third-order valence-electron chi connectivity index (χ3n) is 3.25. The van der Waals surface area contributed by atoms with Crippen molar-refractivity contribution in [2.45, 2.75) is 32.7 Å². The average molecular weight is 196 g/mol. The Morgan fingerprint density at radius 2 is 2.43 bits per heavy atom. The summed E-state index contributed by atoms with van der Waals surface area (Å²) in [6, 6.07) is 0.673. The van der Waals surface area contributed by atoms with Crippen LogP contribution >= 0.6 is 0 Å². The van der Waals surface area contributed by atoms with Gasteiger partial charge in [-0.05, 0) is 25.8 Å². The summed E-state index contributed by atoms with van der Waals surface area (Å²) in [5.74, 6) is 0.942. The largest absolute Gasteiger partial charge is 0.312 e. The predicted octanol–water partition coefficient (Wildman–Crippen LogP) is 1.88. The van der Waals surface area contributed by atoms with Gasteiger partial charge in [0.1, 0.15) is 0 Å². The lowest BCUT2D eigenvalue weighted by Gasteiger charge is -2.24. The summed E-state index contributed by atoms with van der Waals surface area (Å²) in [7, 11) is 0. The minimum Gasteiger partial charge on any atom is -0.312 e. The number of nitrogens with zero attached hydrogens (tertiary/aromatic N) is 1. The Bertz CT molecular complexity index is 168. The van der Waals surface area contributed by atoms with E-state index in [1.165, 1.54) is 25.9 Å². The molecule has 0 aromatic carbocycles. The maximum Gasteiger partial charge on any atom is 0.0192 e. The first-order valence-electron chi connectivity index (χ1n) is 5.83. The fourth-order valence-corrected chi connectivity index (χ4v) is 2.12. The van der Waals surface area contributed by atoms with E-state index in [0.717, 1.165) is 19.0 Å². The summed E-state index contributed by atoms with van der Waals surface area (Å²) < 4.78 is 0. The molecule has 0 spiro atoms. The van der Waals surface area contributed by atoms with Crippen LogP contribution in [0.5, 0.6) is 0 Å². The number of nitrogens with one attached hydrogen (secondary N) is 1. The van der Waals surface area contributed by atoms with E-state index in [4.69, 9.17) is 0 Å². The van der Waals surface area contributed by atoms with Gasteiger partial charge < -0.3 is 5.32 Å². The first-order chi connectivity index (χ1) is 6.77. The van der Waals surface area contributed by atoms with Crippen LogP contribution in [-0.2, 0) is 0 Å². The van der Waals surface area contributed by atoms with Crippen LogP contribution in [0, 0.1) is 5.92 Å². The van der Waals surface area contributed by atoms with Crippen LogP contribution in [0.4, 0.5) is 0 Å². The molecule has 0 saturated carbocycles. The van der Waals surface area contributed by atoms with Gasteiger partial charge in [0.25, 0.3) is 0 Å². The van der Waals surface area contributed by atoms with Crippen LogP contribution in [0.3, 0.4) is 0 Å². The van der Waals surface area contributed by atoms with Crippen LogP contribution in [0.1, 0.15) is 26.7 Å². The Hall–Kier alpha value is -0.340. The monoisotopic (exact) mass is 196 g/mol. The molecule has 2 unspecified atom stereocenters. The first kappa shape index (κ1) is 11.7. The van der Waals surface area contributed by atoms with E-state index in [-0.39, 0.29) is 0 Å². The predicted molar refractivity (Wildman–Crippen MR) is 62.5 cm³/mol. The van der Waals surface area contributed by atoms with Gasteiger partial charge in [-0.2, -0.15) is 0 Å². The molecular formula is C12H24N2. The van der Waals surface area contributed by atoms with Crippen molar-refractivity contribution < 1.29 is 0 Å². The molecule has 2 nitrogen and oxygen atoms in total. The second kappa shape index (κ2) is 6.20. The van der Waals surface area contributed by atoms with Crippen LogP contribution < -0.4 is 5.32 Å². The van der Waals surface area contributed by atoms with Gasteiger partial charge >= 0.3 is 0 Å². The fourth-order valence-electron chi connectivity index (χ4n) is 2.12. The molecule has 1 saturated heterocycles. The van der Waals surface area contributed by atoms with Gasteiger partial charge in [-0.25, -0.2) is 0 Å². The third-order valence-corrected chi connectivity index (χ3v) is 3.25. The highest BCUT2D eigenvalue weighted by Gasteiger charge is 2.24. The lowest BCUT2D eigenvalue weighted by Crippen LogP contribution is -2.39. The standard InChI is InChI=1S/C12H24N2/c1-4-7-13-9-11(3)14-8-6-12(5-2)10-14/h4,11-13H,1,5-10H2,2-3H3. The molecule has 0 aromatic rings. The topological polar surface area (TPSA) is 15.3 Å². The average Bonchev–Trinajstić information content (AvgIpc) is 2.66. The van der Waals surface area contributed by atoms with Crippen molar-refractivity contribution in [1.82, 2.24) is 10.2 Å². The van der Waals surface area contributed by atoms with E-state index in [9.17, 15) is 0 Å². The molecule has 1 fully saturated rings. The molecule has 1 aliphatic rings. The van der Waals surface area contributed by atoms with E-state index < -0.39 is 0 Å². The summed E-state index contributed by atoms with van der Waals surface area (Å²) >= 11 is 0. The highest BCUT2D eigenvalue weighted by molar-refractivity contribution is 4.80. The van der Waals surface area contributed by atoms with E-state index >= 15 is 0 Å². The normalized spacial score (nSPS) is 25.1. The third kappa shape index (κ3) is 3.43. The molecular weight excluding hydrogens is 172 g/mol. The van der Waals surface area contributed by atoms with E-state index in [2.05, 4.69) is 30.6 Å². The molecule has 1 rings (SSSR count). The molecule has 0 aliphatic carbocycles. The smallest absolute Gasteiger partial charge is 0.0192 e. The van der Waals surface area contributed by atoms with E-state index in [1.807, 2.05) is 6.08 Å². The summed E-state index contributed by atoms with van der Waals surface area (Å²) in [4.78, 5) is 2.60. The van der Waals surface area contributed by atoms with Crippen molar-refractivity contribution in [3.8, 4) is 0 Å². The van der Waals surface area contributed by atoms with Crippen LogP contribution in [0.15, 0.2) is 12.7 Å². The maximum absolute atomic E-state index is 3.70. The minimum absolute atomic E-state index is 0.673. The summed E-state index contributed by atoms with van der Waals surface area (Å²) in [5, 5.41) is 3.38. The van der Waals surface area contributed by atoms with Crippen molar-refractivity contribution in [2.75, 3.05) is 26.2 Å². The van der Waals surface area contributed by atoms with Crippen molar-refractivity contribution in [3.05, 3.63) is 12.7 Å². The second-order valence-corrected chi connectivity index (χ2v) is 4.35. The van der Waals surface area contributed by atoms with Crippen molar-refractivity contribution in [2.24, 2.45) is 5.92 Å². The molecule has 1 N–H and O–H groups in total. The Morgan fingerprint density at radius 3 is 3.00 bits per heavy atom. The van der Waals surface area contributed by atoms with Crippen molar-refractivity contribution in [1.29, 1.82) is 0 Å². The lowest BCUT2D eigenvalue weighted by atomic mass is 10.1. The minimum atomic E-state index is 0.673. The summed E-state index contributed by atoms with van der Waals surface area (Å²) in [6.07, 6.45) is 4.65. The SMILES string of the molecule is C=CCNCC(C)N1CCC(CC)C1. The van der Waals surface area contributed by atoms with E-state index in [0.29, 0.717) is 6.04 Å². The van der Waals surface area contributed by atoms with Crippen LogP contribution in [-0.4, -0.2) is 37.1 Å². The van der Waals surface area contributed by atoms with Gasteiger partial charge in [-0.3, -0.25) is 4.90 Å². The zero-order chi connectivity index (χ0) is 10.4. The zero-order valence-electron chi connectivity index (χ0n) is 9.63. The zero-order valence-corrected chi connectivity index (χ0v) is 9.63. The molecule has 2 atom stereocenters. The number of hydrogen-bond donors (Lipinski definition) is 1. The molecule has 0 aromatic heterocycles. The number of likely N-dealkylation sites (tertiary alicyclic amines) is 1. The van der Waals surface area contributed by atoms with Gasteiger partial charge in [-0.1, -0.05) is 19.4 Å². The molecule has 0 bridgehead atoms. The maximum atomic E-state index is 3.70. The first-order valence-corrected chi connectivity index (χ1v) is 5.83. The molecule has 14 heavy (non-hydrogen) atoms. The Labute approximate surface area is 88.4 Å². The Balaban J connectivity index is 2.17. The Morgan fingerprint density at radius 1 is 1.64 bits per heavy atom. The summed E-state index contributed by atoms with van der Waals surface area (Å²) in [5.41, 5.74) is 0. The van der Waals surface area contributed by atoms with Gasteiger partial charge in [0, 0.05) is 25.7 Å². The highest BCUT2D eigenvalue weighted by atomic mass is 15.2. The van der Waals surface area contributed by atoms with Crippen LogP contribution in [0.25, 0.3) is 0 Å². The van der Waals surface area contributed by atoms with Gasteiger partial charge in [0.15, 0.2) is 0 Å². The number of hydrogen-bond acceptors (Lipinski definition) is 2. The molecule has 1 heterocycles. The molecule has 82 valence electrons. The van der Waals surface area contributed by atoms with Crippen molar-refractivity contribution in [3.63, 3.8) is 0 Å². The van der Waals surface area contributed by atoms with Crippen molar-refractivity contribution >= 4 is 0 Å². The molecule has 2 heteroatoms. The van der Waals surface area contributed by atoms with Gasteiger partial charge in [0.2, 0.25) is 0 Å². The molecule has 1 aliphatic heterocycles. The molecule has 0 radical (unpaired) electrons. The molecule has 0 amide bonds. The summed E-state index contributed by atoms with van der Waals surface area (Å²) in [6.45, 7) is 12.9. The Kier molecular flexibility index (Phi) is 5.20. The lowest BCUT2D eigenvalue weighted by molar-refractivity contribution is 0.244. The van der Waals surface area contributed by atoms with E-state index in [1.54, 1.807) is 0 Å². The quantitative estimate of drug-likeness (QED) is 0.515.